The highest BCUT2D eigenvalue weighted by molar-refractivity contribution is 6.46. The molecule has 3 rings (SSSR count). The molecule has 1 N–H and O–H groups in total. The molecular formula is C26H31NO6. The Morgan fingerprint density at radius 3 is 2.21 bits per heavy atom. The van der Waals surface area contributed by atoms with Crippen LogP contribution < -0.4 is 9.47 Å². The van der Waals surface area contributed by atoms with E-state index in [1.54, 1.807) is 50.6 Å². The minimum absolute atomic E-state index is 0.0475. The van der Waals surface area contributed by atoms with E-state index in [9.17, 15) is 14.7 Å². The first-order valence-corrected chi connectivity index (χ1v) is 10.7. The van der Waals surface area contributed by atoms with Crippen LogP contribution in [0.2, 0.25) is 0 Å². The van der Waals surface area contributed by atoms with Crippen molar-refractivity contribution in [3.8, 4) is 11.5 Å². The normalized spacial score (nSPS) is 18.0. The summed E-state index contributed by atoms with van der Waals surface area (Å²) in [6.07, 6.45) is 0. The maximum Gasteiger partial charge on any atom is 0.295 e. The summed E-state index contributed by atoms with van der Waals surface area (Å²) in [6, 6.07) is 11.6. The molecule has 1 amide bonds. The molecule has 0 aliphatic carbocycles. The number of ketones is 1. The van der Waals surface area contributed by atoms with Crippen LogP contribution in [0.15, 0.2) is 48.0 Å². The molecule has 33 heavy (non-hydrogen) atoms. The van der Waals surface area contributed by atoms with Crippen LogP contribution in [0.1, 0.15) is 43.5 Å². The summed E-state index contributed by atoms with van der Waals surface area (Å²) in [4.78, 5) is 27.5. The summed E-state index contributed by atoms with van der Waals surface area (Å²) >= 11 is 0. The fourth-order valence-electron chi connectivity index (χ4n) is 4.03. The summed E-state index contributed by atoms with van der Waals surface area (Å²) in [5, 5.41) is 11.3. The molecule has 1 saturated heterocycles. The van der Waals surface area contributed by atoms with Crippen LogP contribution in [-0.4, -0.2) is 56.2 Å². The Bertz CT molecular complexity index is 1070. The van der Waals surface area contributed by atoms with E-state index in [1.165, 1.54) is 12.0 Å². The van der Waals surface area contributed by atoms with Crippen LogP contribution in [0.4, 0.5) is 0 Å². The third-order valence-corrected chi connectivity index (χ3v) is 5.79. The van der Waals surface area contributed by atoms with E-state index < -0.39 is 17.7 Å². The van der Waals surface area contributed by atoms with Gasteiger partial charge in [0.15, 0.2) is 0 Å². The first kappa shape index (κ1) is 24.3. The van der Waals surface area contributed by atoms with E-state index in [0.29, 0.717) is 22.6 Å². The molecule has 0 spiro atoms. The Morgan fingerprint density at radius 1 is 1.00 bits per heavy atom. The summed E-state index contributed by atoms with van der Waals surface area (Å²) in [7, 11) is 4.69. The monoisotopic (exact) mass is 453 g/mol. The lowest BCUT2D eigenvalue weighted by atomic mass is 9.84. The maximum atomic E-state index is 13.1. The molecule has 2 aromatic rings. The molecule has 1 aliphatic heterocycles. The van der Waals surface area contributed by atoms with Gasteiger partial charge in [-0.05, 0) is 41.3 Å². The van der Waals surface area contributed by atoms with Crippen molar-refractivity contribution in [2.45, 2.75) is 32.2 Å². The van der Waals surface area contributed by atoms with Crippen molar-refractivity contribution < 1.29 is 28.9 Å². The average Bonchev–Trinajstić information content (AvgIpc) is 3.06. The lowest BCUT2D eigenvalue weighted by molar-refractivity contribution is -0.140. The Morgan fingerprint density at radius 2 is 1.67 bits per heavy atom. The fraction of sp³-hybridized carbons (Fsp3) is 0.385. The Hall–Kier alpha value is -3.32. The van der Waals surface area contributed by atoms with Crippen molar-refractivity contribution in [1.29, 1.82) is 0 Å². The molecule has 1 aliphatic rings. The third kappa shape index (κ3) is 4.73. The predicted octanol–water partition coefficient (Wildman–Crippen LogP) is 4.07. The van der Waals surface area contributed by atoms with Gasteiger partial charge in [-0.25, -0.2) is 0 Å². The number of aliphatic hydroxyl groups excluding tert-OH is 1. The van der Waals surface area contributed by atoms with Gasteiger partial charge in [-0.15, -0.1) is 0 Å². The Balaban J connectivity index is 2.19. The number of methoxy groups -OCH3 is 3. The van der Waals surface area contributed by atoms with E-state index in [0.717, 1.165) is 5.56 Å². The number of carbonyl (C=O) groups is 2. The minimum Gasteiger partial charge on any atom is -0.507 e. The highest BCUT2D eigenvalue weighted by Gasteiger charge is 2.46. The number of ether oxygens (including phenoxy) is 3. The number of nitrogens with zero attached hydrogens (tertiary/aromatic N) is 1. The molecule has 7 nitrogen and oxygen atoms in total. The number of benzene rings is 2. The van der Waals surface area contributed by atoms with E-state index in [1.807, 2.05) is 26.8 Å². The van der Waals surface area contributed by atoms with Gasteiger partial charge in [0.25, 0.3) is 11.7 Å². The lowest BCUT2D eigenvalue weighted by Gasteiger charge is -2.26. The molecule has 0 radical (unpaired) electrons. The van der Waals surface area contributed by atoms with Crippen LogP contribution >= 0.6 is 0 Å². The number of amides is 1. The number of Topliss-reactive ketones (excluding diaryl/α,β-unsaturated/α-hetero) is 1. The van der Waals surface area contributed by atoms with Crippen LogP contribution in [0.5, 0.6) is 11.5 Å². The lowest BCUT2D eigenvalue weighted by Crippen LogP contribution is -2.32. The molecule has 0 saturated carbocycles. The van der Waals surface area contributed by atoms with Crippen molar-refractivity contribution in [3.63, 3.8) is 0 Å². The quantitative estimate of drug-likeness (QED) is 0.386. The molecule has 0 aromatic heterocycles. The van der Waals surface area contributed by atoms with Gasteiger partial charge in [-0.2, -0.15) is 0 Å². The second kappa shape index (κ2) is 9.67. The number of rotatable bonds is 7. The third-order valence-electron chi connectivity index (χ3n) is 5.79. The standard InChI is InChI=1S/C26H31NO6/c1-26(2,3)19-15-17(9-12-20(19)33-6)23(28)21-22(16-7-10-18(32-5)11-8-16)27(13-14-31-4)25(30)24(21)29/h7-12,15,22,28H,13-14H2,1-6H3/b23-21-. The average molecular weight is 454 g/mol. The van der Waals surface area contributed by atoms with E-state index in [2.05, 4.69) is 0 Å². The molecular weight excluding hydrogens is 422 g/mol. The van der Waals surface area contributed by atoms with Gasteiger partial charge in [0, 0.05) is 24.8 Å². The smallest absolute Gasteiger partial charge is 0.295 e. The molecule has 1 unspecified atom stereocenters. The number of hydrogen-bond acceptors (Lipinski definition) is 6. The van der Waals surface area contributed by atoms with Crippen LogP contribution in [0.3, 0.4) is 0 Å². The number of carbonyl (C=O) groups excluding carboxylic acids is 2. The maximum absolute atomic E-state index is 13.1. The van der Waals surface area contributed by atoms with Gasteiger partial charge in [-0.1, -0.05) is 32.9 Å². The highest BCUT2D eigenvalue weighted by Crippen LogP contribution is 2.41. The summed E-state index contributed by atoms with van der Waals surface area (Å²) < 4.78 is 15.9. The van der Waals surface area contributed by atoms with Crippen molar-refractivity contribution in [2.24, 2.45) is 0 Å². The zero-order chi connectivity index (χ0) is 24.3. The molecule has 7 heteroatoms. The van der Waals surface area contributed by atoms with Gasteiger partial charge in [-0.3, -0.25) is 9.59 Å². The number of aliphatic hydroxyl groups is 1. The van der Waals surface area contributed by atoms with Gasteiger partial charge in [0.2, 0.25) is 0 Å². The summed E-state index contributed by atoms with van der Waals surface area (Å²) in [5.74, 6) is -0.275. The van der Waals surface area contributed by atoms with Crippen molar-refractivity contribution in [1.82, 2.24) is 4.90 Å². The molecule has 1 atom stereocenters. The highest BCUT2D eigenvalue weighted by atomic mass is 16.5. The first-order chi connectivity index (χ1) is 15.6. The molecule has 176 valence electrons. The van der Waals surface area contributed by atoms with Crippen molar-refractivity contribution in [2.75, 3.05) is 34.5 Å². The zero-order valence-corrected chi connectivity index (χ0v) is 20.0. The second-order valence-electron chi connectivity index (χ2n) is 8.92. The largest absolute Gasteiger partial charge is 0.507 e. The van der Waals surface area contributed by atoms with Gasteiger partial charge >= 0.3 is 0 Å². The van der Waals surface area contributed by atoms with E-state index in [-0.39, 0.29) is 29.9 Å². The van der Waals surface area contributed by atoms with Crippen molar-refractivity contribution >= 4 is 17.4 Å². The molecule has 1 fully saturated rings. The van der Waals surface area contributed by atoms with Crippen LogP contribution in [0, 0.1) is 0 Å². The predicted molar refractivity (Wildman–Crippen MR) is 126 cm³/mol. The first-order valence-electron chi connectivity index (χ1n) is 10.7. The second-order valence-corrected chi connectivity index (χ2v) is 8.92. The Labute approximate surface area is 194 Å². The van der Waals surface area contributed by atoms with E-state index >= 15 is 0 Å². The SMILES string of the molecule is COCCN1C(=O)C(=O)/C(=C(\O)c2ccc(OC)c(C(C)(C)C)c2)C1c1ccc(OC)cc1. The van der Waals surface area contributed by atoms with Gasteiger partial charge in [0.1, 0.15) is 17.3 Å². The van der Waals surface area contributed by atoms with E-state index in [4.69, 9.17) is 14.2 Å². The van der Waals surface area contributed by atoms with Crippen molar-refractivity contribution in [3.05, 3.63) is 64.7 Å². The molecule has 2 aromatic carbocycles. The van der Waals surface area contributed by atoms with Gasteiger partial charge in [0.05, 0.1) is 32.4 Å². The topological polar surface area (TPSA) is 85.3 Å². The minimum atomic E-state index is -0.744. The zero-order valence-electron chi connectivity index (χ0n) is 20.0. The summed E-state index contributed by atoms with van der Waals surface area (Å²) in [5.41, 5.74) is 1.80. The number of hydrogen-bond donors (Lipinski definition) is 1. The van der Waals surface area contributed by atoms with Gasteiger partial charge < -0.3 is 24.2 Å². The molecule has 0 bridgehead atoms. The van der Waals surface area contributed by atoms with Crippen LogP contribution in [-0.2, 0) is 19.7 Å². The van der Waals surface area contributed by atoms with Crippen LogP contribution in [0.25, 0.3) is 5.76 Å². The Kier molecular flexibility index (Phi) is 7.12. The molecule has 1 heterocycles. The fourth-order valence-corrected chi connectivity index (χ4v) is 4.03. The summed E-state index contributed by atoms with van der Waals surface area (Å²) in [6.45, 7) is 6.59. The number of likely N-dealkylation sites (tertiary alicyclic amines) is 1.